The molecule has 0 saturated carbocycles. The minimum Gasteiger partial charge on any atom is -0.339 e. The van der Waals surface area contributed by atoms with Crippen molar-refractivity contribution >= 4 is 18.3 Å². The summed E-state index contributed by atoms with van der Waals surface area (Å²) in [5.41, 5.74) is 2.65. The molecule has 1 amide bonds. The van der Waals surface area contributed by atoms with Crippen LogP contribution in [0.25, 0.3) is 0 Å². The van der Waals surface area contributed by atoms with Gasteiger partial charge in [0.25, 0.3) is 0 Å². The highest BCUT2D eigenvalue weighted by atomic mass is 35.5. The Labute approximate surface area is 139 Å². The lowest BCUT2D eigenvalue weighted by Gasteiger charge is -2.31. The van der Waals surface area contributed by atoms with Crippen LogP contribution in [-0.4, -0.2) is 36.5 Å². The first kappa shape index (κ1) is 17.3. The molecule has 0 aliphatic carbocycles. The number of aryl methyl sites for hydroxylation is 1. The number of likely N-dealkylation sites (tertiary alicyclic amines) is 1. The number of hydrogen-bond acceptors (Lipinski definition) is 2. The number of carbonyl (C=O) groups excluding carboxylic acids is 1. The molecular weight excluding hydrogens is 296 g/mol. The first-order valence-corrected chi connectivity index (χ1v) is 8.31. The molecule has 0 spiro atoms. The van der Waals surface area contributed by atoms with E-state index in [4.69, 9.17) is 0 Å². The number of benzene rings is 1. The minimum atomic E-state index is 0. The van der Waals surface area contributed by atoms with Gasteiger partial charge in [0, 0.05) is 19.1 Å². The molecule has 3 nitrogen and oxygen atoms in total. The first-order chi connectivity index (χ1) is 10.2. The van der Waals surface area contributed by atoms with Crippen LogP contribution in [0, 0.1) is 12.8 Å². The zero-order valence-corrected chi connectivity index (χ0v) is 14.2. The number of carbonyl (C=O) groups is 1. The third-order valence-corrected chi connectivity index (χ3v) is 4.90. The number of rotatable bonds is 3. The molecule has 4 heteroatoms. The summed E-state index contributed by atoms with van der Waals surface area (Å²) in [6.45, 7) is 5.00. The fraction of sp³-hybridized carbons (Fsp3) is 0.611. The Balaban J connectivity index is 0.00000176. The zero-order chi connectivity index (χ0) is 14.7. The van der Waals surface area contributed by atoms with Gasteiger partial charge in [0.15, 0.2) is 0 Å². The van der Waals surface area contributed by atoms with E-state index in [2.05, 4.69) is 41.4 Å². The molecule has 2 heterocycles. The molecule has 0 radical (unpaired) electrons. The normalized spacial score (nSPS) is 24.9. The summed E-state index contributed by atoms with van der Waals surface area (Å²) in [5, 5.41) is 3.36. The van der Waals surface area contributed by atoms with Crippen molar-refractivity contribution in [3.63, 3.8) is 0 Å². The highest BCUT2D eigenvalue weighted by Crippen LogP contribution is 2.25. The molecule has 3 rings (SSSR count). The van der Waals surface area contributed by atoms with Crippen molar-refractivity contribution in [1.82, 2.24) is 10.2 Å². The Bertz CT molecular complexity index is 482. The van der Waals surface area contributed by atoms with E-state index in [0.717, 1.165) is 51.7 Å². The monoisotopic (exact) mass is 322 g/mol. The number of piperidine rings is 1. The molecule has 122 valence electrons. The van der Waals surface area contributed by atoms with Crippen molar-refractivity contribution in [2.45, 2.75) is 45.1 Å². The second-order valence-corrected chi connectivity index (χ2v) is 6.56. The Morgan fingerprint density at radius 2 is 2.00 bits per heavy atom. The summed E-state index contributed by atoms with van der Waals surface area (Å²) in [5.74, 6) is 0.592. The molecule has 0 bridgehead atoms. The molecule has 1 aromatic carbocycles. The Morgan fingerprint density at radius 3 is 2.68 bits per heavy atom. The van der Waals surface area contributed by atoms with Crippen LogP contribution in [0.4, 0.5) is 0 Å². The van der Waals surface area contributed by atoms with Crippen LogP contribution in [0.3, 0.4) is 0 Å². The van der Waals surface area contributed by atoms with Gasteiger partial charge >= 0.3 is 0 Å². The van der Waals surface area contributed by atoms with Gasteiger partial charge in [0.2, 0.25) is 5.91 Å². The van der Waals surface area contributed by atoms with Crippen LogP contribution in [0.2, 0.25) is 0 Å². The smallest absolute Gasteiger partial charge is 0.227 e. The van der Waals surface area contributed by atoms with Crippen molar-refractivity contribution in [3.8, 4) is 0 Å². The summed E-state index contributed by atoms with van der Waals surface area (Å²) in [6.07, 6.45) is 5.50. The molecule has 22 heavy (non-hydrogen) atoms. The maximum absolute atomic E-state index is 12.7. The van der Waals surface area contributed by atoms with Gasteiger partial charge in [-0.05, 0) is 51.1 Å². The molecule has 2 aliphatic rings. The summed E-state index contributed by atoms with van der Waals surface area (Å²) in [4.78, 5) is 14.9. The SMILES string of the molecule is Cc1ccc(CC2CCCN2C(=O)C2CCCNC2)cc1.Cl. The highest BCUT2D eigenvalue weighted by molar-refractivity contribution is 5.85. The maximum atomic E-state index is 12.7. The summed E-state index contributed by atoms with van der Waals surface area (Å²) < 4.78 is 0. The third kappa shape index (κ3) is 4.02. The quantitative estimate of drug-likeness (QED) is 0.928. The zero-order valence-electron chi connectivity index (χ0n) is 13.4. The number of hydrogen-bond donors (Lipinski definition) is 1. The summed E-state index contributed by atoms with van der Waals surface area (Å²) in [7, 11) is 0. The van der Waals surface area contributed by atoms with Gasteiger partial charge in [0.1, 0.15) is 0 Å². The van der Waals surface area contributed by atoms with Gasteiger partial charge in [-0.1, -0.05) is 29.8 Å². The number of amides is 1. The average molecular weight is 323 g/mol. The van der Waals surface area contributed by atoms with Crippen LogP contribution in [0.5, 0.6) is 0 Å². The van der Waals surface area contributed by atoms with E-state index in [1.54, 1.807) is 0 Å². The largest absolute Gasteiger partial charge is 0.339 e. The molecular formula is C18H27ClN2O. The average Bonchev–Trinajstić information content (AvgIpc) is 2.98. The van der Waals surface area contributed by atoms with E-state index in [1.165, 1.54) is 11.1 Å². The second kappa shape index (κ2) is 7.98. The van der Waals surface area contributed by atoms with Gasteiger partial charge in [-0.15, -0.1) is 12.4 Å². The van der Waals surface area contributed by atoms with Crippen molar-refractivity contribution < 1.29 is 4.79 Å². The van der Waals surface area contributed by atoms with Gasteiger partial charge in [-0.2, -0.15) is 0 Å². The van der Waals surface area contributed by atoms with Crippen molar-refractivity contribution in [1.29, 1.82) is 0 Å². The molecule has 1 aromatic rings. The van der Waals surface area contributed by atoms with Crippen LogP contribution in [0.15, 0.2) is 24.3 Å². The van der Waals surface area contributed by atoms with E-state index in [9.17, 15) is 4.79 Å². The standard InChI is InChI=1S/C18H26N2O.ClH/c1-14-6-8-15(9-7-14)12-17-5-3-11-20(17)18(21)16-4-2-10-19-13-16;/h6-9,16-17,19H,2-5,10-13H2,1H3;1H. The van der Waals surface area contributed by atoms with Gasteiger partial charge in [-0.3, -0.25) is 4.79 Å². The van der Waals surface area contributed by atoms with Crippen molar-refractivity contribution in [2.75, 3.05) is 19.6 Å². The van der Waals surface area contributed by atoms with Gasteiger partial charge < -0.3 is 10.2 Å². The van der Waals surface area contributed by atoms with E-state index >= 15 is 0 Å². The molecule has 2 aliphatic heterocycles. The van der Waals surface area contributed by atoms with E-state index in [0.29, 0.717) is 11.9 Å². The van der Waals surface area contributed by atoms with Gasteiger partial charge in [-0.25, -0.2) is 0 Å². The highest BCUT2D eigenvalue weighted by Gasteiger charge is 2.33. The summed E-state index contributed by atoms with van der Waals surface area (Å²) in [6, 6.07) is 9.15. The number of nitrogens with zero attached hydrogens (tertiary/aromatic N) is 1. The minimum absolute atomic E-state index is 0. The second-order valence-electron chi connectivity index (χ2n) is 6.56. The molecule has 0 aromatic heterocycles. The molecule has 2 unspecified atom stereocenters. The predicted molar refractivity (Wildman–Crippen MR) is 92.5 cm³/mol. The summed E-state index contributed by atoms with van der Waals surface area (Å²) >= 11 is 0. The Hall–Kier alpha value is -1.06. The maximum Gasteiger partial charge on any atom is 0.227 e. The van der Waals surface area contributed by atoms with E-state index in [1.807, 2.05) is 0 Å². The lowest BCUT2D eigenvalue weighted by molar-refractivity contribution is -0.136. The molecule has 2 saturated heterocycles. The third-order valence-electron chi connectivity index (χ3n) is 4.90. The molecule has 2 atom stereocenters. The van der Waals surface area contributed by atoms with Crippen LogP contribution in [0.1, 0.15) is 36.8 Å². The van der Waals surface area contributed by atoms with Crippen molar-refractivity contribution in [3.05, 3.63) is 35.4 Å². The van der Waals surface area contributed by atoms with Crippen molar-refractivity contribution in [2.24, 2.45) is 5.92 Å². The van der Waals surface area contributed by atoms with E-state index < -0.39 is 0 Å². The topological polar surface area (TPSA) is 32.3 Å². The van der Waals surface area contributed by atoms with Gasteiger partial charge in [0.05, 0.1) is 5.92 Å². The van der Waals surface area contributed by atoms with Crippen LogP contribution < -0.4 is 5.32 Å². The Morgan fingerprint density at radius 1 is 1.23 bits per heavy atom. The van der Waals surface area contributed by atoms with Crippen LogP contribution >= 0.6 is 12.4 Å². The lowest BCUT2D eigenvalue weighted by atomic mass is 9.96. The fourth-order valence-corrected chi connectivity index (χ4v) is 3.63. The van der Waals surface area contributed by atoms with E-state index in [-0.39, 0.29) is 18.3 Å². The first-order valence-electron chi connectivity index (χ1n) is 8.31. The molecule has 1 N–H and O–H groups in total. The molecule has 2 fully saturated rings. The number of nitrogens with one attached hydrogen (secondary N) is 1. The fourth-order valence-electron chi connectivity index (χ4n) is 3.63. The number of halogens is 1. The lowest BCUT2D eigenvalue weighted by Crippen LogP contribution is -2.45. The van der Waals surface area contributed by atoms with Crippen LogP contribution in [-0.2, 0) is 11.2 Å². The predicted octanol–water partition coefficient (Wildman–Crippen LogP) is 2.95. The Kier molecular flexibility index (Phi) is 6.27.